The van der Waals surface area contributed by atoms with Gasteiger partial charge in [0, 0.05) is 53.1 Å². The second-order valence-electron chi connectivity index (χ2n) is 10.3. The molecule has 5 aromatic heterocycles. The molecule has 1 aromatic carbocycles. The molecule has 2 N–H and O–H groups in total. The number of H-pyrrole nitrogens is 2. The molecule has 1 aliphatic heterocycles. The summed E-state index contributed by atoms with van der Waals surface area (Å²) in [5, 5.41) is 9.58. The van der Waals surface area contributed by atoms with Crippen LogP contribution in [0.4, 0.5) is 4.39 Å². The lowest BCUT2D eigenvalue weighted by molar-refractivity contribution is 0.220. The average molecular weight is 534 g/mol. The van der Waals surface area contributed by atoms with Gasteiger partial charge in [0.05, 0.1) is 41.9 Å². The Kier molecular flexibility index (Phi) is 6.20. The van der Waals surface area contributed by atoms with Crippen molar-refractivity contribution in [2.24, 2.45) is 0 Å². The Morgan fingerprint density at radius 1 is 0.850 bits per heavy atom. The van der Waals surface area contributed by atoms with Crippen LogP contribution in [0.1, 0.15) is 24.8 Å². The van der Waals surface area contributed by atoms with Crippen LogP contribution >= 0.6 is 0 Å². The van der Waals surface area contributed by atoms with Crippen LogP contribution < -0.4 is 4.74 Å². The SMILES string of the molecule is COc1cc(F)cc(-c2cncc3[nH]c(-c4n[nH]c5cnc(-c6cncc(CN7CCCCC7)c6)cc45)cc23)c1. The van der Waals surface area contributed by atoms with Gasteiger partial charge >= 0.3 is 0 Å². The van der Waals surface area contributed by atoms with Crippen molar-refractivity contribution >= 4 is 21.8 Å². The predicted octanol–water partition coefficient (Wildman–Crippen LogP) is 6.36. The quantitative estimate of drug-likeness (QED) is 0.259. The van der Waals surface area contributed by atoms with Crippen LogP contribution in [0.5, 0.6) is 5.75 Å². The van der Waals surface area contributed by atoms with Gasteiger partial charge in [-0.3, -0.25) is 25.0 Å². The zero-order valence-corrected chi connectivity index (χ0v) is 22.1. The fourth-order valence-corrected chi connectivity index (χ4v) is 5.61. The zero-order valence-electron chi connectivity index (χ0n) is 22.1. The molecule has 0 bridgehead atoms. The summed E-state index contributed by atoms with van der Waals surface area (Å²) in [5.74, 6) is 0.0884. The maximum atomic E-state index is 14.3. The maximum Gasteiger partial charge on any atom is 0.127 e. The molecule has 1 saturated heterocycles. The molecule has 1 aliphatic rings. The highest BCUT2D eigenvalue weighted by molar-refractivity contribution is 6.01. The van der Waals surface area contributed by atoms with Crippen LogP contribution in [-0.4, -0.2) is 55.2 Å². The van der Waals surface area contributed by atoms with Crippen LogP contribution in [0.3, 0.4) is 0 Å². The van der Waals surface area contributed by atoms with E-state index in [4.69, 9.17) is 9.72 Å². The third-order valence-corrected chi connectivity index (χ3v) is 7.61. The second kappa shape index (κ2) is 10.2. The summed E-state index contributed by atoms with van der Waals surface area (Å²) in [4.78, 5) is 19.6. The van der Waals surface area contributed by atoms with Crippen molar-refractivity contribution in [3.63, 3.8) is 0 Å². The molecule has 0 amide bonds. The third kappa shape index (κ3) is 4.58. The van der Waals surface area contributed by atoms with Gasteiger partial charge in [0.15, 0.2) is 0 Å². The number of hydrogen-bond donors (Lipinski definition) is 2. The number of nitrogens with one attached hydrogen (secondary N) is 2. The summed E-state index contributed by atoms with van der Waals surface area (Å²) >= 11 is 0. The Hall–Kier alpha value is -4.63. The summed E-state index contributed by atoms with van der Waals surface area (Å²) in [6.45, 7) is 3.19. The predicted molar refractivity (Wildman–Crippen MR) is 153 cm³/mol. The monoisotopic (exact) mass is 533 g/mol. The molecule has 0 aliphatic carbocycles. The number of aromatic nitrogens is 6. The van der Waals surface area contributed by atoms with Crippen molar-refractivity contribution in [1.29, 1.82) is 0 Å². The summed E-state index contributed by atoms with van der Waals surface area (Å²) < 4.78 is 19.6. The van der Waals surface area contributed by atoms with Crippen LogP contribution in [0, 0.1) is 5.82 Å². The molecule has 6 aromatic rings. The van der Waals surface area contributed by atoms with E-state index < -0.39 is 0 Å². The van der Waals surface area contributed by atoms with Crippen LogP contribution in [0.25, 0.3) is 55.6 Å². The van der Waals surface area contributed by atoms with Crippen molar-refractivity contribution in [3.05, 3.63) is 78.8 Å². The Morgan fingerprint density at radius 2 is 1.73 bits per heavy atom. The molecule has 9 heteroatoms. The Morgan fingerprint density at radius 3 is 2.60 bits per heavy atom. The van der Waals surface area contributed by atoms with Gasteiger partial charge in [0.1, 0.15) is 17.3 Å². The zero-order chi connectivity index (χ0) is 27.1. The number of pyridine rings is 3. The number of benzene rings is 1. The minimum Gasteiger partial charge on any atom is -0.497 e. The van der Waals surface area contributed by atoms with E-state index >= 15 is 0 Å². The fourth-order valence-electron chi connectivity index (χ4n) is 5.61. The lowest BCUT2D eigenvalue weighted by Gasteiger charge is -2.26. The van der Waals surface area contributed by atoms with E-state index in [9.17, 15) is 4.39 Å². The molecule has 0 saturated carbocycles. The highest BCUT2D eigenvalue weighted by Crippen LogP contribution is 2.35. The Balaban J connectivity index is 1.26. The molecule has 8 nitrogen and oxygen atoms in total. The molecule has 6 heterocycles. The largest absolute Gasteiger partial charge is 0.497 e. The van der Waals surface area contributed by atoms with E-state index in [0.717, 1.165) is 69.6 Å². The molecule has 7 rings (SSSR count). The number of likely N-dealkylation sites (tertiary alicyclic amines) is 1. The topological polar surface area (TPSA) is 95.6 Å². The van der Waals surface area contributed by atoms with Gasteiger partial charge in [-0.15, -0.1) is 0 Å². The van der Waals surface area contributed by atoms with E-state index in [0.29, 0.717) is 11.3 Å². The van der Waals surface area contributed by atoms with Gasteiger partial charge in [-0.2, -0.15) is 5.10 Å². The van der Waals surface area contributed by atoms with E-state index in [-0.39, 0.29) is 5.82 Å². The van der Waals surface area contributed by atoms with E-state index in [1.54, 1.807) is 12.4 Å². The van der Waals surface area contributed by atoms with Crippen molar-refractivity contribution in [3.8, 4) is 39.5 Å². The van der Waals surface area contributed by atoms with E-state index in [1.807, 2.05) is 30.7 Å². The minimum atomic E-state index is -0.366. The molecule has 200 valence electrons. The van der Waals surface area contributed by atoms with Gasteiger partial charge in [0.2, 0.25) is 0 Å². The molecule has 40 heavy (non-hydrogen) atoms. The molecule has 0 spiro atoms. The number of piperidine rings is 1. The third-order valence-electron chi connectivity index (χ3n) is 7.61. The highest BCUT2D eigenvalue weighted by atomic mass is 19.1. The number of ether oxygens (including phenoxy) is 1. The van der Waals surface area contributed by atoms with Crippen LogP contribution in [-0.2, 0) is 6.54 Å². The van der Waals surface area contributed by atoms with Gasteiger partial charge in [-0.25, -0.2) is 4.39 Å². The van der Waals surface area contributed by atoms with E-state index in [2.05, 4.69) is 42.2 Å². The normalized spacial score (nSPS) is 14.2. The average Bonchev–Trinajstić information content (AvgIpc) is 3.61. The van der Waals surface area contributed by atoms with Crippen molar-refractivity contribution < 1.29 is 9.13 Å². The minimum absolute atomic E-state index is 0.366. The van der Waals surface area contributed by atoms with E-state index in [1.165, 1.54) is 44.1 Å². The van der Waals surface area contributed by atoms with Crippen LogP contribution in [0.15, 0.2) is 67.4 Å². The van der Waals surface area contributed by atoms with Crippen molar-refractivity contribution in [1.82, 2.24) is 35.0 Å². The lowest BCUT2D eigenvalue weighted by Crippen LogP contribution is -2.29. The molecule has 0 unspecified atom stereocenters. The van der Waals surface area contributed by atoms with Crippen molar-refractivity contribution in [2.75, 3.05) is 20.2 Å². The Bertz CT molecular complexity index is 1840. The number of nitrogens with zero attached hydrogens (tertiary/aromatic N) is 5. The number of fused-ring (bicyclic) bond motifs is 2. The summed E-state index contributed by atoms with van der Waals surface area (Å²) in [6, 6.07) is 10.9. The fraction of sp³-hybridized carbons (Fsp3) is 0.226. The van der Waals surface area contributed by atoms with Gasteiger partial charge in [-0.1, -0.05) is 6.42 Å². The second-order valence-corrected chi connectivity index (χ2v) is 10.3. The maximum absolute atomic E-state index is 14.3. The smallest absolute Gasteiger partial charge is 0.127 e. The number of aromatic amines is 2. The molecule has 0 radical (unpaired) electrons. The summed E-state index contributed by atoms with van der Waals surface area (Å²) in [6.07, 6.45) is 13.0. The van der Waals surface area contributed by atoms with Crippen molar-refractivity contribution in [2.45, 2.75) is 25.8 Å². The first kappa shape index (κ1) is 24.4. The number of hydrogen-bond acceptors (Lipinski definition) is 6. The van der Waals surface area contributed by atoms with Gasteiger partial charge in [-0.05, 0) is 67.4 Å². The lowest BCUT2D eigenvalue weighted by atomic mass is 10.0. The molecular weight excluding hydrogens is 505 g/mol. The first-order valence-corrected chi connectivity index (χ1v) is 13.5. The molecule has 1 fully saturated rings. The van der Waals surface area contributed by atoms with Gasteiger partial charge in [0.25, 0.3) is 0 Å². The standard InChI is InChI=1S/C31H28FN7O/c1-40-23-9-20(8-22(32)10-23)26-15-34-16-29-24(26)11-28(36-29)31-25-12-27(35-17-30(25)37-38-31)21-7-19(13-33-14-21)18-39-5-3-2-4-6-39/h7-17,36H,2-6,18H2,1H3,(H,37,38). The Labute approximate surface area is 230 Å². The summed E-state index contributed by atoms with van der Waals surface area (Å²) in [7, 11) is 1.53. The number of methoxy groups -OCH3 is 1. The molecule has 0 atom stereocenters. The van der Waals surface area contributed by atoms with Crippen LogP contribution in [0.2, 0.25) is 0 Å². The number of rotatable bonds is 6. The highest BCUT2D eigenvalue weighted by Gasteiger charge is 2.17. The first-order chi connectivity index (χ1) is 19.6. The first-order valence-electron chi connectivity index (χ1n) is 13.5. The molecular formula is C31H28FN7O. The van der Waals surface area contributed by atoms with Gasteiger partial charge < -0.3 is 9.72 Å². The number of halogens is 1. The summed E-state index contributed by atoms with van der Waals surface area (Å²) in [5.41, 5.74) is 7.77.